The third-order valence-corrected chi connectivity index (χ3v) is 4.92. The SMILES string of the molecule is CCNC1CCC(C)CC1CN1CCn2cnnc2C1. The summed E-state index contributed by atoms with van der Waals surface area (Å²) in [5.41, 5.74) is 0. The molecule has 2 aliphatic rings. The summed E-state index contributed by atoms with van der Waals surface area (Å²) in [6, 6.07) is 0.705. The lowest BCUT2D eigenvalue weighted by molar-refractivity contribution is 0.125. The normalized spacial score (nSPS) is 31.2. The lowest BCUT2D eigenvalue weighted by Crippen LogP contribution is -2.47. The number of hydrogen-bond donors (Lipinski definition) is 1. The molecule has 1 aromatic heterocycles. The summed E-state index contributed by atoms with van der Waals surface area (Å²) in [6.45, 7) is 10.0. The maximum Gasteiger partial charge on any atom is 0.147 e. The van der Waals surface area contributed by atoms with Gasteiger partial charge in [0.15, 0.2) is 0 Å². The molecule has 5 nitrogen and oxygen atoms in total. The van der Waals surface area contributed by atoms with E-state index >= 15 is 0 Å². The number of hydrogen-bond acceptors (Lipinski definition) is 4. The lowest BCUT2D eigenvalue weighted by Gasteiger charge is -2.39. The smallest absolute Gasteiger partial charge is 0.147 e. The highest BCUT2D eigenvalue weighted by Crippen LogP contribution is 2.30. The Balaban J connectivity index is 1.60. The van der Waals surface area contributed by atoms with Gasteiger partial charge >= 0.3 is 0 Å². The van der Waals surface area contributed by atoms with Crippen LogP contribution in [-0.4, -0.2) is 45.3 Å². The van der Waals surface area contributed by atoms with E-state index in [9.17, 15) is 0 Å². The van der Waals surface area contributed by atoms with Gasteiger partial charge in [0.2, 0.25) is 0 Å². The minimum atomic E-state index is 0.705. The predicted octanol–water partition coefficient (Wildman–Crippen LogP) is 1.51. The van der Waals surface area contributed by atoms with Crippen LogP contribution in [0.2, 0.25) is 0 Å². The van der Waals surface area contributed by atoms with Crippen molar-refractivity contribution in [2.45, 2.75) is 52.2 Å². The average Bonchev–Trinajstić information content (AvgIpc) is 2.89. The van der Waals surface area contributed by atoms with Crippen LogP contribution in [0.25, 0.3) is 0 Å². The minimum absolute atomic E-state index is 0.705. The summed E-state index contributed by atoms with van der Waals surface area (Å²) in [5.74, 6) is 2.79. The summed E-state index contributed by atoms with van der Waals surface area (Å²) < 4.78 is 2.18. The van der Waals surface area contributed by atoms with Crippen molar-refractivity contribution in [1.82, 2.24) is 25.0 Å². The first-order chi connectivity index (χ1) is 9.76. The van der Waals surface area contributed by atoms with Crippen molar-refractivity contribution in [3.05, 3.63) is 12.2 Å². The van der Waals surface area contributed by atoms with Gasteiger partial charge in [-0.1, -0.05) is 13.8 Å². The van der Waals surface area contributed by atoms with Crippen molar-refractivity contribution < 1.29 is 0 Å². The van der Waals surface area contributed by atoms with Crippen LogP contribution in [0, 0.1) is 11.8 Å². The Morgan fingerprint density at radius 2 is 2.25 bits per heavy atom. The van der Waals surface area contributed by atoms with E-state index in [1.54, 1.807) is 0 Å². The number of fused-ring (bicyclic) bond motifs is 1. The molecule has 0 amide bonds. The monoisotopic (exact) mass is 277 g/mol. The van der Waals surface area contributed by atoms with Crippen molar-refractivity contribution in [1.29, 1.82) is 0 Å². The fourth-order valence-electron chi connectivity index (χ4n) is 3.84. The van der Waals surface area contributed by atoms with Crippen molar-refractivity contribution in [3.8, 4) is 0 Å². The molecular formula is C15H27N5. The molecule has 20 heavy (non-hydrogen) atoms. The number of aromatic nitrogens is 3. The molecule has 112 valence electrons. The first-order valence-corrected chi connectivity index (χ1v) is 8.08. The predicted molar refractivity (Wildman–Crippen MR) is 79.3 cm³/mol. The van der Waals surface area contributed by atoms with E-state index in [1.165, 1.54) is 25.8 Å². The van der Waals surface area contributed by atoms with E-state index in [2.05, 4.69) is 38.8 Å². The van der Waals surface area contributed by atoms with E-state index in [0.717, 1.165) is 43.8 Å². The van der Waals surface area contributed by atoms with E-state index in [1.807, 2.05) is 6.33 Å². The zero-order chi connectivity index (χ0) is 13.9. The third kappa shape index (κ3) is 3.04. The van der Waals surface area contributed by atoms with Gasteiger partial charge in [-0.25, -0.2) is 0 Å². The Hall–Kier alpha value is -0.940. The molecule has 1 aliphatic carbocycles. The van der Waals surface area contributed by atoms with Crippen LogP contribution in [0.5, 0.6) is 0 Å². The van der Waals surface area contributed by atoms with Gasteiger partial charge < -0.3 is 9.88 Å². The van der Waals surface area contributed by atoms with E-state index in [4.69, 9.17) is 0 Å². The Bertz CT molecular complexity index is 430. The highest BCUT2D eigenvalue weighted by molar-refractivity contribution is 4.92. The fraction of sp³-hybridized carbons (Fsp3) is 0.867. The lowest BCUT2D eigenvalue weighted by atomic mass is 9.78. The second kappa shape index (κ2) is 6.22. The summed E-state index contributed by atoms with van der Waals surface area (Å²) in [5, 5.41) is 11.9. The van der Waals surface area contributed by atoms with Gasteiger partial charge in [-0.15, -0.1) is 10.2 Å². The topological polar surface area (TPSA) is 46.0 Å². The molecule has 3 unspecified atom stereocenters. The van der Waals surface area contributed by atoms with Crippen LogP contribution in [0.3, 0.4) is 0 Å². The Labute approximate surface area is 121 Å². The average molecular weight is 277 g/mol. The quantitative estimate of drug-likeness (QED) is 0.906. The van der Waals surface area contributed by atoms with E-state index < -0.39 is 0 Å². The van der Waals surface area contributed by atoms with Gasteiger partial charge in [0.25, 0.3) is 0 Å². The molecule has 0 aromatic carbocycles. The van der Waals surface area contributed by atoms with Crippen LogP contribution in [-0.2, 0) is 13.1 Å². The van der Waals surface area contributed by atoms with Crippen molar-refractivity contribution in [3.63, 3.8) is 0 Å². The maximum absolute atomic E-state index is 4.23. The van der Waals surface area contributed by atoms with Gasteiger partial charge in [-0.05, 0) is 37.6 Å². The molecule has 1 aromatic rings. The highest BCUT2D eigenvalue weighted by Gasteiger charge is 2.30. The second-order valence-corrected chi connectivity index (χ2v) is 6.52. The molecule has 0 saturated heterocycles. The minimum Gasteiger partial charge on any atom is -0.315 e. The Morgan fingerprint density at radius 3 is 3.10 bits per heavy atom. The first-order valence-electron chi connectivity index (χ1n) is 8.08. The molecule has 2 heterocycles. The van der Waals surface area contributed by atoms with Crippen LogP contribution in [0.15, 0.2) is 6.33 Å². The second-order valence-electron chi connectivity index (χ2n) is 6.52. The summed E-state index contributed by atoms with van der Waals surface area (Å²) >= 11 is 0. The molecule has 1 aliphatic heterocycles. The molecular weight excluding hydrogens is 250 g/mol. The molecule has 3 rings (SSSR count). The zero-order valence-electron chi connectivity index (χ0n) is 12.8. The molecule has 1 saturated carbocycles. The molecule has 0 radical (unpaired) electrons. The van der Waals surface area contributed by atoms with Crippen LogP contribution in [0.1, 0.15) is 38.9 Å². The zero-order valence-corrected chi connectivity index (χ0v) is 12.8. The van der Waals surface area contributed by atoms with Gasteiger partial charge in [0, 0.05) is 25.7 Å². The Morgan fingerprint density at radius 1 is 1.35 bits per heavy atom. The molecule has 5 heteroatoms. The maximum atomic E-state index is 4.23. The standard InChI is InChI=1S/C15H27N5/c1-3-16-14-5-4-12(2)8-13(14)9-19-6-7-20-11-17-18-15(20)10-19/h11-14,16H,3-10H2,1-2H3. The fourth-order valence-corrected chi connectivity index (χ4v) is 3.84. The Kier molecular flexibility index (Phi) is 4.36. The van der Waals surface area contributed by atoms with Crippen molar-refractivity contribution >= 4 is 0 Å². The van der Waals surface area contributed by atoms with Gasteiger partial charge in [-0.2, -0.15) is 0 Å². The van der Waals surface area contributed by atoms with E-state index in [-0.39, 0.29) is 0 Å². The molecule has 0 bridgehead atoms. The molecule has 1 N–H and O–H groups in total. The number of rotatable bonds is 4. The van der Waals surface area contributed by atoms with Crippen molar-refractivity contribution in [2.24, 2.45) is 11.8 Å². The highest BCUT2D eigenvalue weighted by atomic mass is 15.3. The summed E-state index contributed by atoms with van der Waals surface area (Å²) in [7, 11) is 0. The molecule has 1 fully saturated rings. The van der Waals surface area contributed by atoms with Crippen LogP contribution in [0.4, 0.5) is 0 Å². The van der Waals surface area contributed by atoms with Gasteiger partial charge in [-0.3, -0.25) is 4.90 Å². The summed E-state index contributed by atoms with van der Waals surface area (Å²) in [4.78, 5) is 2.57. The number of nitrogens with zero attached hydrogens (tertiary/aromatic N) is 4. The number of nitrogens with one attached hydrogen (secondary N) is 1. The van der Waals surface area contributed by atoms with Crippen molar-refractivity contribution in [2.75, 3.05) is 19.6 Å². The molecule has 3 atom stereocenters. The van der Waals surface area contributed by atoms with Gasteiger partial charge in [0.05, 0.1) is 6.54 Å². The van der Waals surface area contributed by atoms with Crippen LogP contribution < -0.4 is 5.32 Å². The summed E-state index contributed by atoms with van der Waals surface area (Å²) in [6.07, 6.45) is 5.93. The van der Waals surface area contributed by atoms with Crippen LogP contribution >= 0.6 is 0 Å². The van der Waals surface area contributed by atoms with E-state index in [0.29, 0.717) is 6.04 Å². The molecule has 0 spiro atoms. The van der Waals surface area contributed by atoms with Gasteiger partial charge in [0.1, 0.15) is 12.2 Å². The third-order valence-electron chi connectivity index (χ3n) is 4.92. The first kappa shape index (κ1) is 14.0. The largest absolute Gasteiger partial charge is 0.315 e.